The third-order valence-electron chi connectivity index (χ3n) is 2.40. The molecule has 0 bridgehead atoms. The van der Waals surface area contributed by atoms with Crippen molar-refractivity contribution in [1.82, 2.24) is 5.32 Å². The van der Waals surface area contributed by atoms with Crippen LogP contribution < -0.4 is 10.1 Å². The second-order valence-electron chi connectivity index (χ2n) is 3.92. The van der Waals surface area contributed by atoms with Crippen molar-refractivity contribution >= 4 is 17.3 Å². The van der Waals surface area contributed by atoms with E-state index in [0.29, 0.717) is 17.9 Å². The first-order valence-corrected chi connectivity index (χ1v) is 6.22. The molecule has 6 heteroatoms. The van der Waals surface area contributed by atoms with Crippen LogP contribution in [0.1, 0.15) is 18.9 Å². The Morgan fingerprint density at radius 2 is 2.17 bits per heavy atom. The van der Waals surface area contributed by atoms with E-state index < -0.39 is 4.92 Å². The van der Waals surface area contributed by atoms with E-state index in [4.69, 9.17) is 16.3 Å². The van der Waals surface area contributed by atoms with Gasteiger partial charge in [0, 0.05) is 18.7 Å². The van der Waals surface area contributed by atoms with Gasteiger partial charge < -0.3 is 10.1 Å². The van der Waals surface area contributed by atoms with E-state index in [2.05, 4.69) is 12.2 Å². The third kappa shape index (κ3) is 4.16. The van der Waals surface area contributed by atoms with Crippen molar-refractivity contribution in [1.29, 1.82) is 0 Å². The quantitative estimate of drug-likeness (QED) is 0.471. The minimum Gasteiger partial charge on any atom is -0.492 e. The Morgan fingerprint density at radius 3 is 2.78 bits per heavy atom. The standard InChI is InChI=1S/C12H17ClN2O3/c1-3-4-14-5-6-18-12-8-10(13)11(15(16)17)7-9(12)2/h7-8,14H,3-6H2,1-2H3. The van der Waals surface area contributed by atoms with Crippen LogP contribution in [-0.4, -0.2) is 24.6 Å². The first-order valence-electron chi connectivity index (χ1n) is 5.84. The lowest BCUT2D eigenvalue weighted by Crippen LogP contribution is -2.21. The highest BCUT2D eigenvalue weighted by atomic mass is 35.5. The number of aryl methyl sites for hydroxylation is 1. The van der Waals surface area contributed by atoms with Gasteiger partial charge in [0.1, 0.15) is 17.4 Å². The number of hydrogen-bond acceptors (Lipinski definition) is 4. The van der Waals surface area contributed by atoms with Crippen molar-refractivity contribution < 1.29 is 9.66 Å². The molecule has 100 valence electrons. The van der Waals surface area contributed by atoms with E-state index in [1.54, 1.807) is 6.92 Å². The summed E-state index contributed by atoms with van der Waals surface area (Å²) in [6.07, 6.45) is 1.07. The fraction of sp³-hybridized carbons (Fsp3) is 0.500. The highest BCUT2D eigenvalue weighted by Crippen LogP contribution is 2.31. The number of nitro benzene ring substituents is 1. The Morgan fingerprint density at radius 1 is 1.44 bits per heavy atom. The van der Waals surface area contributed by atoms with Gasteiger partial charge in [-0.2, -0.15) is 0 Å². The number of nitrogens with zero attached hydrogens (tertiary/aromatic N) is 1. The van der Waals surface area contributed by atoms with Crippen LogP contribution >= 0.6 is 11.6 Å². The van der Waals surface area contributed by atoms with Crippen LogP contribution in [0.4, 0.5) is 5.69 Å². The second kappa shape index (κ2) is 7.18. The van der Waals surface area contributed by atoms with E-state index in [9.17, 15) is 10.1 Å². The second-order valence-corrected chi connectivity index (χ2v) is 4.33. The normalized spacial score (nSPS) is 10.4. The summed E-state index contributed by atoms with van der Waals surface area (Å²) in [4.78, 5) is 10.2. The summed E-state index contributed by atoms with van der Waals surface area (Å²) in [7, 11) is 0. The molecule has 0 spiro atoms. The van der Waals surface area contributed by atoms with Gasteiger partial charge in [0.05, 0.1) is 4.92 Å². The number of hydrogen-bond donors (Lipinski definition) is 1. The molecule has 0 aliphatic rings. The minimum absolute atomic E-state index is 0.0920. The topological polar surface area (TPSA) is 64.4 Å². The molecule has 0 fully saturated rings. The van der Waals surface area contributed by atoms with Gasteiger partial charge in [-0.1, -0.05) is 18.5 Å². The molecule has 0 saturated heterocycles. The molecule has 1 aromatic carbocycles. The van der Waals surface area contributed by atoms with Crippen LogP contribution in [0.25, 0.3) is 0 Å². The smallest absolute Gasteiger partial charge is 0.288 e. The Bertz CT molecular complexity index is 424. The fourth-order valence-electron chi connectivity index (χ4n) is 1.48. The molecule has 1 aromatic rings. The number of rotatable bonds is 7. The highest BCUT2D eigenvalue weighted by Gasteiger charge is 2.15. The summed E-state index contributed by atoms with van der Waals surface area (Å²) >= 11 is 5.82. The molecule has 0 aromatic heterocycles. The largest absolute Gasteiger partial charge is 0.492 e. The molecule has 5 nitrogen and oxygen atoms in total. The van der Waals surface area contributed by atoms with Crippen molar-refractivity contribution in [3.8, 4) is 5.75 Å². The van der Waals surface area contributed by atoms with Crippen LogP contribution in [0, 0.1) is 17.0 Å². The van der Waals surface area contributed by atoms with Crippen LogP contribution in [0.3, 0.4) is 0 Å². The monoisotopic (exact) mass is 272 g/mol. The first-order chi connectivity index (χ1) is 8.56. The molecule has 18 heavy (non-hydrogen) atoms. The van der Waals surface area contributed by atoms with Gasteiger partial charge in [-0.25, -0.2) is 0 Å². The summed E-state index contributed by atoms with van der Waals surface area (Å²) in [5.74, 6) is 0.587. The zero-order valence-corrected chi connectivity index (χ0v) is 11.3. The molecule has 0 radical (unpaired) electrons. The van der Waals surface area contributed by atoms with E-state index in [0.717, 1.165) is 19.5 Å². The summed E-state index contributed by atoms with van der Waals surface area (Å²) in [5, 5.41) is 14.0. The van der Waals surface area contributed by atoms with Crippen LogP contribution in [0.2, 0.25) is 5.02 Å². The number of halogens is 1. The Labute approximate surface area is 111 Å². The van der Waals surface area contributed by atoms with Gasteiger partial charge in [0.25, 0.3) is 5.69 Å². The molecule has 1 rings (SSSR count). The van der Waals surface area contributed by atoms with Gasteiger partial charge in [0.15, 0.2) is 0 Å². The summed E-state index contributed by atoms with van der Waals surface area (Å²) < 4.78 is 5.53. The van der Waals surface area contributed by atoms with Crippen molar-refractivity contribution in [2.45, 2.75) is 20.3 Å². The fourth-order valence-corrected chi connectivity index (χ4v) is 1.70. The maximum absolute atomic E-state index is 10.7. The molecule has 0 heterocycles. The average Bonchev–Trinajstić information content (AvgIpc) is 2.32. The Hall–Kier alpha value is -1.33. The lowest BCUT2D eigenvalue weighted by atomic mass is 10.2. The van der Waals surface area contributed by atoms with E-state index in [1.807, 2.05) is 0 Å². The molecule has 0 aliphatic heterocycles. The SMILES string of the molecule is CCCNCCOc1cc(Cl)c([N+](=O)[O-])cc1C. The average molecular weight is 273 g/mol. The summed E-state index contributed by atoms with van der Waals surface area (Å²) in [6.45, 7) is 6.05. The van der Waals surface area contributed by atoms with E-state index >= 15 is 0 Å². The molecule has 0 amide bonds. The zero-order valence-electron chi connectivity index (χ0n) is 10.5. The van der Waals surface area contributed by atoms with Crippen LogP contribution in [0.5, 0.6) is 5.75 Å². The lowest BCUT2D eigenvalue weighted by Gasteiger charge is -2.10. The molecule has 0 atom stereocenters. The predicted molar refractivity (Wildman–Crippen MR) is 71.5 cm³/mol. The van der Waals surface area contributed by atoms with Crippen molar-refractivity contribution in [2.75, 3.05) is 19.7 Å². The molecule has 0 unspecified atom stereocenters. The lowest BCUT2D eigenvalue weighted by molar-refractivity contribution is -0.384. The van der Waals surface area contributed by atoms with Crippen LogP contribution in [-0.2, 0) is 0 Å². The predicted octanol–water partition coefficient (Wildman–Crippen LogP) is 2.94. The molecular formula is C12H17ClN2O3. The minimum atomic E-state index is -0.498. The molecule has 0 saturated carbocycles. The van der Waals surface area contributed by atoms with Gasteiger partial charge in [-0.3, -0.25) is 10.1 Å². The number of ether oxygens (including phenoxy) is 1. The van der Waals surface area contributed by atoms with Gasteiger partial charge >= 0.3 is 0 Å². The Kier molecular flexibility index (Phi) is 5.88. The van der Waals surface area contributed by atoms with Crippen molar-refractivity contribution in [2.24, 2.45) is 0 Å². The number of nitrogens with one attached hydrogen (secondary N) is 1. The Balaban J connectivity index is 2.62. The number of nitro groups is 1. The summed E-state index contributed by atoms with van der Waals surface area (Å²) in [5.41, 5.74) is 0.618. The number of benzene rings is 1. The molecule has 0 aliphatic carbocycles. The maximum atomic E-state index is 10.7. The highest BCUT2D eigenvalue weighted by molar-refractivity contribution is 6.32. The van der Waals surface area contributed by atoms with Gasteiger partial charge in [0.2, 0.25) is 0 Å². The zero-order chi connectivity index (χ0) is 13.5. The summed E-state index contributed by atoms with van der Waals surface area (Å²) in [6, 6.07) is 2.92. The third-order valence-corrected chi connectivity index (χ3v) is 2.71. The van der Waals surface area contributed by atoms with E-state index in [-0.39, 0.29) is 10.7 Å². The molecular weight excluding hydrogens is 256 g/mol. The van der Waals surface area contributed by atoms with Crippen LogP contribution in [0.15, 0.2) is 12.1 Å². The molecule has 1 N–H and O–H groups in total. The maximum Gasteiger partial charge on any atom is 0.288 e. The van der Waals surface area contributed by atoms with Gasteiger partial charge in [-0.05, 0) is 25.5 Å². The van der Waals surface area contributed by atoms with E-state index in [1.165, 1.54) is 12.1 Å². The van der Waals surface area contributed by atoms with Crippen molar-refractivity contribution in [3.63, 3.8) is 0 Å². The van der Waals surface area contributed by atoms with Crippen molar-refractivity contribution in [3.05, 3.63) is 32.8 Å². The first kappa shape index (κ1) is 14.7. The van der Waals surface area contributed by atoms with Gasteiger partial charge in [-0.15, -0.1) is 0 Å².